The Morgan fingerprint density at radius 1 is 0.640 bits per heavy atom. The number of methoxy groups -OCH3 is 5. The number of ketones is 2. The number of Topliss-reactive ketones (excluding diaryl/α,β-unsaturated/α-hetero) is 2. The highest BCUT2D eigenvalue weighted by atomic mass is 16.5. The third-order valence-corrected chi connectivity index (χ3v) is 8.69. The van der Waals surface area contributed by atoms with Gasteiger partial charge in [0.2, 0.25) is 23.1 Å². The summed E-state index contributed by atoms with van der Waals surface area (Å²) in [6.07, 6.45) is 10.9. The number of esters is 1. The molecule has 9 nitrogen and oxygen atoms in total. The Hall–Kier alpha value is -4.05. The van der Waals surface area contributed by atoms with E-state index >= 15 is 0 Å². The zero-order valence-corrected chi connectivity index (χ0v) is 31.8. The summed E-state index contributed by atoms with van der Waals surface area (Å²) in [4.78, 5) is 38.4. The number of benzene rings is 1. The molecule has 0 saturated carbocycles. The Kier molecular flexibility index (Phi) is 17.3. The molecule has 0 aliphatic heterocycles. The van der Waals surface area contributed by atoms with Crippen molar-refractivity contribution in [1.29, 1.82) is 0 Å². The summed E-state index contributed by atoms with van der Waals surface area (Å²) in [6.45, 7) is 9.44. The van der Waals surface area contributed by atoms with Crippen LogP contribution in [-0.2, 0) is 33.3 Å². The SMILES string of the molecule is COC1=C(OC)C(=O)C(CCCCCCCCCCCCOC(=O)c2cc(C#CC(C)(C)OC)c(OC)c(C#CC(C)(C)OC)c2)=C(C)C1=O. The number of allylic oxidation sites excluding steroid dienone is 2. The number of carbonyl (C=O) groups is 3. The van der Waals surface area contributed by atoms with Crippen molar-refractivity contribution in [2.75, 3.05) is 42.2 Å². The van der Waals surface area contributed by atoms with E-state index in [0.29, 0.717) is 46.6 Å². The van der Waals surface area contributed by atoms with Crippen LogP contribution in [0.15, 0.2) is 34.8 Å². The van der Waals surface area contributed by atoms with Gasteiger partial charge in [0.05, 0.1) is 44.6 Å². The summed E-state index contributed by atoms with van der Waals surface area (Å²) in [5, 5.41) is 0. The highest BCUT2D eigenvalue weighted by molar-refractivity contribution is 6.23. The number of carbonyl (C=O) groups excluding carboxylic acids is 3. The molecule has 1 aliphatic rings. The van der Waals surface area contributed by atoms with Gasteiger partial charge in [-0.2, -0.15) is 0 Å². The molecule has 9 heteroatoms. The van der Waals surface area contributed by atoms with Gasteiger partial charge in [-0.25, -0.2) is 4.79 Å². The van der Waals surface area contributed by atoms with E-state index in [1.165, 1.54) is 14.2 Å². The van der Waals surface area contributed by atoms with Crippen molar-refractivity contribution in [2.24, 2.45) is 0 Å². The molecule has 0 saturated heterocycles. The van der Waals surface area contributed by atoms with Crippen LogP contribution in [0.4, 0.5) is 0 Å². The zero-order valence-electron chi connectivity index (χ0n) is 31.8. The first-order chi connectivity index (χ1) is 23.7. The van der Waals surface area contributed by atoms with Crippen LogP contribution in [0.5, 0.6) is 5.75 Å². The predicted molar refractivity (Wildman–Crippen MR) is 194 cm³/mol. The van der Waals surface area contributed by atoms with Crippen LogP contribution in [0.3, 0.4) is 0 Å². The van der Waals surface area contributed by atoms with Crippen molar-refractivity contribution in [3.8, 4) is 29.4 Å². The number of hydrogen-bond donors (Lipinski definition) is 0. The molecule has 1 aromatic carbocycles. The van der Waals surface area contributed by atoms with Crippen LogP contribution >= 0.6 is 0 Å². The average Bonchev–Trinajstić information content (AvgIpc) is 3.10. The second kappa shape index (κ2) is 20.6. The van der Waals surface area contributed by atoms with Gasteiger partial charge in [-0.3, -0.25) is 9.59 Å². The Labute approximate surface area is 299 Å². The maximum absolute atomic E-state index is 13.1. The van der Waals surface area contributed by atoms with Gasteiger partial charge < -0.3 is 28.4 Å². The second-order valence-corrected chi connectivity index (χ2v) is 13.3. The van der Waals surface area contributed by atoms with Gasteiger partial charge in [0, 0.05) is 25.4 Å². The summed E-state index contributed by atoms with van der Waals surface area (Å²) in [5.74, 6) is 11.9. The fourth-order valence-corrected chi connectivity index (χ4v) is 5.25. The highest BCUT2D eigenvalue weighted by Gasteiger charge is 2.34. The molecule has 0 amide bonds. The van der Waals surface area contributed by atoms with Crippen molar-refractivity contribution in [3.05, 3.63) is 51.5 Å². The molecular formula is C41H56O9. The largest absolute Gasteiger partial charge is 0.494 e. The summed E-state index contributed by atoms with van der Waals surface area (Å²) in [6, 6.07) is 3.35. The van der Waals surface area contributed by atoms with E-state index in [1.807, 2.05) is 27.7 Å². The highest BCUT2D eigenvalue weighted by Crippen LogP contribution is 2.29. The van der Waals surface area contributed by atoms with Gasteiger partial charge in [0.15, 0.2) is 0 Å². The fourth-order valence-electron chi connectivity index (χ4n) is 5.25. The minimum Gasteiger partial charge on any atom is -0.494 e. The van der Waals surface area contributed by atoms with Gasteiger partial charge in [0.1, 0.15) is 17.0 Å². The van der Waals surface area contributed by atoms with Crippen LogP contribution in [0, 0.1) is 23.7 Å². The van der Waals surface area contributed by atoms with E-state index in [0.717, 1.165) is 64.2 Å². The molecule has 0 fully saturated rings. The first kappa shape index (κ1) is 42.1. The zero-order chi connectivity index (χ0) is 37.3. The maximum Gasteiger partial charge on any atom is 0.338 e. The summed E-state index contributed by atoms with van der Waals surface area (Å²) < 4.78 is 32.4. The van der Waals surface area contributed by atoms with Gasteiger partial charge in [-0.05, 0) is 66.0 Å². The lowest BCUT2D eigenvalue weighted by atomic mass is 9.89. The molecule has 0 unspecified atom stereocenters. The molecule has 0 spiro atoms. The third-order valence-electron chi connectivity index (χ3n) is 8.69. The molecular weight excluding hydrogens is 636 g/mol. The van der Waals surface area contributed by atoms with Crippen LogP contribution in [0.1, 0.15) is 127 Å². The van der Waals surface area contributed by atoms with Crippen molar-refractivity contribution in [1.82, 2.24) is 0 Å². The first-order valence-corrected chi connectivity index (χ1v) is 17.4. The molecule has 0 radical (unpaired) electrons. The number of ether oxygens (including phenoxy) is 6. The second-order valence-electron chi connectivity index (χ2n) is 13.3. The maximum atomic E-state index is 13.1. The van der Waals surface area contributed by atoms with E-state index in [1.54, 1.807) is 40.4 Å². The lowest BCUT2D eigenvalue weighted by Crippen LogP contribution is -2.25. The molecule has 2 rings (SSSR count). The van der Waals surface area contributed by atoms with Gasteiger partial charge in [-0.15, -0.1) is 0 Å². The minimum absolute atomic E-state index is 0.00123. The van der Waals surface area contributed by atoms with E-state index in [2.05, 4.69) is 23.7 Å². The standard InChI is InChI=1S/C41H56O9/c1-29-33(35(43)38(47-8)37(46-7)34(29)42)21-19-17-15-13-11-12-14-16-18-20-26-50-39(44)32-27-30(22-24-40(2,3)48-9)36(45-6)31(28-32)23-25-41(4,5)49-10/h27-28H,11-21,26H2,1-10H3. The smallest absolute Gasteiger partial charge is 0.338 e. The molecule has 274 valence electrons. The van der Waals surface area contributed by atoms with Crippen molar-refractivity contribution >= 4 is 17.5 Å². The Morgan fingerprint density at radius 3 is 1.52 bits per heavy atom. The lowest BCUT2D eigenvalue weighted by molar-refractivity contribution is -0.121. The van der Waals surface area contributed by atoms with Gasteiger partial charge >= 0.3 is 5.97 Å². The summed E-state index contributed by atoms with van der Waals surface area (Å²) >= 11 is 0. The first-order valence-electron chi connectivity index (χ1n) is 17.4. The molecule has 50 heavy (non-hydrogen) atoms. The molecule has 0 N–H and O–H groups in total. The van der Waals surface area contributed by atoms with Crippen molar-refractivity contribution < 1.29 is 42.8 Å². The molecule has 0 atom stereocenters. The number of rotatable bonds is 19. The van der Waals surface area contributed by atoms with Crippen LogP contribution in [0.2, 0.25) is 0 Å². The Balaban J connectivity index is 1.78. The van der Waals surface area contributed by atoms with Crippen molar-refractivity contribution in [2.45, 2.75) is 116 Å². The molecule has 1 aromatic rings. The molecule has 1 aliphatic carbocycles. The van der Waals surface area contributed by atoms with E-state index in [9.17, 15) is 14.4 Å². The van der Waals surface area contributed by atoms with Crippen LogP contribution < -0.4 is 4.74 Å². The number of hydrogen-bond acceptors (Lipinski definition) is 9. The lowest BCUT2D eigenvalue weighted by Gasteiger charge is -2.20. The quantitative estimate of drug-likeness (QED) is 0.0625. The van der Waals surface area contributed by atoms with Gasteiger partial charge in [0.25, 0.3) is 0 Å². The molecule has 0 heterocycles. The average molecular weight is 693 g/mol. The topological polar surface area (TPSA) is 107 Å². The summed E-state index contributed by atoms with van der Waals surface area (Å²) in [5.41, 5.74) is 1.01. The van der Waals surface area contributed by atoms with Crippen LogP contribution in [-0.4, -0.2) is 70.9 Å². The Morgan fingerprint density at radius 2 is 1.08 bits per heavy atom. The monoisotopic (exact) mass is 692 g/mol. The van der Waals surface area contributed by atoms with Gasteiger partial charge in [-0.1, -0.05) is 75.0 Å². The third kappa shape index (κ3) is 12.7. The Bertz CT molecular complexity index is 1480. The summed E-state index contributed by atoms with van der Waals surface area (Å²) in [7, 11) is 7.49. The van der Waals surface area contributed by atoms with E-state index < -0.39 is 17.2 Å². The van der Waals surface area contributed by atoms with Crippen molar-refractivity contribution in [3.63, 3.8) is 0 Å². The van der Waals surface area contributed by atoms with Crippen LogP contribution in [0.25, 0.3) is 0 Å². The fraction of sp³-hybridized carbons (Fsp3) is 0.585. The molecule has 0 bridgehead atoms. The van der Waals surface area contributed by atoms with E-state index in [-0.39, 0.29) is 23.1 Å². The predicted octanol–water partition coefficient (Wildman–Crippen LogP) is 7.67. The van der Waals surface area contributed by atoms with E-state index in [4.69, 9.17) is 28.4 Å². The number of unbranched alkanes of at least 4 members (excludes halogenated alkanes) is 9. The normalized spacial score (nSPS) is 13.4. The molecule has 0 aromatic heterocycles. The minimum atomic E-state index is -0.688.